The average molecular weight is 264 g/mol. The first kappa shape index (κ1) is 14.6. The summed E-state index contributed by atoms with van der Waals surface area (Å²) >= 11 is 0. The Bertz CT molecular complexity index is 339. The Morgan fingerprint density at radius 1 is 1.39 bits per heavy atom. The molecule has 5 nitrogen and oxygen atoms in total. The van der Waals surface area contributed by atoms with Gasteiger partial charge in [0.2, 0.25) is 5.91 Å². The van der Waals surface area contributed by atoms with Crippen LogP contribution < -0.4 is 5.32 Å². The summed E-state index contributed by atoms with van der Waals surface area (Å²) in [6.45, 7) is 0.121. The van der Waals surface area contributed by atoms with E-state index in [2.05, 4.69) is 15.3 Å². The number of amides is 1. The zero-order valence-electron chi connectivity index (χ0n) is 9.78. The molecule has 0 aromatic heterocycles. The molecule has 1 N–H and O–H groups in total. The highest BCUT2D eigenvalue weighted by Gasteiger charge is 2.47. The second-order valence-electron chi connectivity index (χ2n) is 4.28. The first-order valence-corrected chi connectivity index (χ1v) is 5.82. The van der Waals surface area contributed by atoms with Gasteiger partial charge in [0.1, 0.15) is 0 Å². The van der Waals surface area contributed by atoms with Crippen LogP contribution in [-0.2, 0) is 4.79 Å². The molecule has 102 valence electrons. The molecule has 0 aliphatic heterocycles. The fourth-order valence-corrected chi connectivity index (χ4v) is 2.24. The number of rotatable bonds is 4. The van der Waals surface area contributed by atoms with E-state index < -0.39 is 23.9 Å². The minimum Gasteiger partial charge on any atom is -0.356 e. The Kier molecular flexibility index (Phi) is 5.27. The average Bonchev–Trinajstić information content (AvgIpc) is 2.33. The van der Waals surface area contributed by atoms with E-state index in [0.717, 1.165) is 0 Å². The molecule has 18 heavy (non-hydrogen) atoms. The van der Waals surface area contributed by atoms with Crippen LogP contribution in [0, 0.1) is 11.8 Å². The largest absolute Gasteiger partial charge is 0.392 e. The highest BCUT2D eigenvalue weighted by molar-refractivity contribution is 5.79. The van der Waals surface area contributed by atoms with Gasteiger partial charge in [-0.15, -0.1) is 0 Å². The molecular formula is C10H15F3N4O. The van der Waals surface area contributed by atoms with Gasteiger partial charge in [0.05, 0.1) is 5.92 Å². The van der Waals surface area contributed by atoms with Gasteiger partial charge in [-0.2, -0.15) is 13.2 Å². The third-order valence-electron chi connectivity index (χ3n) is 3.10. The Morgan fingerprint density at radius 2 is 2.06 bits per heavy atom. The van der Waals surface area contributed by atoms with Crippen LogP contribution in [0.5, 0.6) is 0 Å². The van der Waals surface area contributed by atoms with Crippen molar-refractivity contribution in [3.8, 4) is 0 Å². The van der Waals surface area contributed by atoms with Crippen LogP contribution >= 0.6 is 0 Å². The number of nitrogens with one attached hydrogen (secondary N) is 1. The monoisotopic (exact) mass is 264 g/mol. The molecule has 0 aromatic carbocycles. The van der Waals surface area contributed by atoms with E-state index in [0.29, 0.717) is 12.8 Å². The van der Waals surface area contributed by atoms with E-state index in [4.69, 9.17) is 5.53 Å². The lowest BCUT2D eigenvalue weighted by atomic mass is 9.78. The lowest BCUT2D eigenvalue weighted by molar-refractivity contribution is -0.198. The molecule has 1 amide bonds. The Balaban J connectivity index is 2.55. The van der Waals surface area contributed by atoms with Crippen LogP contribution in [0.1, 0.15) is 25.7 Å². The molecule has 1 aliphatic carbocycles. The van der Waals surface area contributed by atoms with Crippen LogP contribution in [0.3, 0.4) is 0 Å². The van der Waals surface area contributed by atoms with Crippen molar-refractivity contribution in [1.82, 2.24) is 5.32 Å². The fraction of sp³-hybridized carbons (Fsp3) is 0.900. The maximum absolute atomic E-state index is 12.7. The predicted molar refractivity (Wildman–Crippen MR) is 58.5 cm³/mol. The van der Waals surface area contributed by atoms with E-state index in [1.807, 2.05) is 0 Å². The lowest BCUT2D eigenvalue weighted by Gasteiger charge is -2.31. The van der Waals surface area contributed by atoms with Gasteiger partial charge >= 0.3 is 6.18 Å². The van der Waals surface area contributed by atoms with Gasteiger partial charge in [0.15, 0.2) is 0 Å². The zero-order chi connectivity index (χ0) is 13.6. The minimum atomic E-state index is -4.33. The highest BCUT2D eigenvalue weighted by atomic mass is 19.4. The number of halogens is 3. The number of hydrogen-bond acceptors (Lipinski definition) is 2. The Morgan fingerprint density at radius 3 is 2.67 bits per heavy atom. The SMILES string of the molecule is [N-]=[N+]=NCCNC(=O)C1CCCCC1C(F)(F)F. The van der Waals surface area contributed by atoms with Gasteiger partial charge in [0, 0.05) is 23.9 Å². The molecular weight excluding hydrogens is 249 g/mol. The zero-order valence-corrected chi connectivity index (χ0v) is 9.78. The summed E-state index contributed by atoms with van der Waals surface area (Å²) in [5.41, 5.74) is 8.03. The molecule has 1 aliphatic rings. The van der Waals surface area contributed by atoms with Crippen molar-refractivity contribution >= 4 is 5.91 Å². The van der Waals surface area contributed by atoms with Gasteiger partial charge in [-0.3, -0.25) is 4.79 Å². The van der Waals surface area contributed by atoms with Crippen LogP contribution in [0.15, 0.2) is 5.11 Å². The number of hydrogen-bond donors (Lipinski definition) is 1. The van der Waals surface area contributed by atoms with E-state index in [-0.39, 0.29) is 25.9 Å². The normalized spacial score (nSPS) is 24.2. The van der Waals surface area contributed by atoms with Gasteiger partial charge in [-0.1, -0.05) is 18.0 Å². The Hall–Kier alpha value is -1.43. The van der Waals surface area contributed by atoms with Crippen LogP contribution in [0.2, 0.25) is 0 Å². The van der Waals surface area contributed by atoms with Crippen molar-refractivity contribution in [2.45, 2.75) is 31.9 Å². The maximum atomic E-state index is 12.7. The van der Waals surface area contributed by atoms with Gasteiger partial charge in [0.25, 0.3) is 0 Å². The molecule has 0 bridgehead atoms. The molecule has 0 spiro atoms. The molecule has 0 aromatic rings. The summed E-state index contributed by atoms with van der Waals surface area (Å²) in [5.74, 6) is -3.15. The summed E-state index contributed by atoms with van der Waals surface area (Å²) in [4.78, 5) is 14.2. The van der Waals surface area contributed by atoms with Crippen LogP contribution in [0.25, 0.3) is 10.4 Å². The second kappa shape index (κ2) is 6.49. The van der Waals surface area contributed by atoms with Gasteiger partial charge in [-0.05, 0) is 18.4 Å². The summed E-state index contributed by atoms with van der Waals surface area (Å²) in [6, 6.07) is 0. The van der Waals surface area contributed by atoms with Crippen molar-refractivity contribution in [3.63, 3.8) is 0 Å². The third kappa shape index (κ3) is 4.10. The van der Waals surface area contributed by atoms with Crippen LogP contribution in [-0.4, -0.2) is 25.2 Å². The fourth-order valence-electron chi connectivity index (χ4n) is 2.24. The lowest BCUT2D eigenvalue weighted by Crippen LogP contribution is -2.43. The summed E-state index contributed by atoms with van der Waals surface area (Å²) in [6.07, 6.45) is -2.91. The van der Waals surface area contributed by atoms with Crippen molar-refractivity contribution in [3.05, 3.63) is 10.4 Å². The molecule has 0 radical (unpaired) electrons. The standard InChI is InChI=1S/C10H15F3N4O/c11-10(12,13)8-4-2-1-3-7(8)9(18)15-5-6-16-17-14/h7-8H,1-6H2,(H,15,18). The smallest absolute Gasteiger partial charge is 0.356 e. The molecule has 0 heterocycles. The van der Waals surface area contributed by atoms with E-state index in [1.165, 1.54) is 0 Å². The predicted octanol–water partition coefficient (Wildman–Crippen LogP) is 2.78. The molecule has 2 unspecified atom stereocenters. The first-order valence-electron chi connectivity index (χ1n) is 5.82. The first-order chi connectivity index (χ1) is 8.46. The van der Waals surface area contributed by atoms with E-state index >= 15 is 0 Å². The third-order valence-corrected chi connectivity index (χ3v) is 3.10. The number of carbonyl (C=O) groups excluding carboxylic acids is 1. The summed E-state index contributed by atoms with van der Waals surface area (Å²) in [7, 11) is 0. The summed E-state index contributed by atoms with van der Waals surface area (Å²) < 4.78 is 38.2. The number of carbonyl (C=O) groups is 1. The van der Waals surface area contributed by atoms with Crippen molar-refractivity contribution < 1.29 is 18.0 Å². The van der Waals surface area contributed by atoms with Gasteiger partial charge in [-0.25, -0.2) is 0 Å². The molecule has 1 saturated carbocycles. The quantitative estimate of drug-likeness (QED) is 0.360. The number of nitrogens with zero attached hydrogens (tertiary/aromatic N) is 3. The van der Waals surface area contributed by atoms with E-state index in [9.17, 15) is 18.0 Å². The van der Waals surface area contributed by atoms with Crippen molar-refractivity contribution in [2.75, 3.05) is 13.1 Å². The second-order valence-corrected chi connectivity index (χ2v) is 4.28. The molecule has 8 heteroatoms. The number of azide groups is 1. The molecule has 0 saturated heterocycles. The van der Waals surface area contributed by atoms with E-state index in [1.54, 1.807) is 0 Å². The van der Waals surface area contributed by atoms with Crippen molar-refractivity contribution in [2.24, 2.45) is 17.0 Å². The molecule has 1 fully saturated rings. The molecule has 2 atom stereocenters. The van der Waals surface area contributed by atoms with Crippen LogP contribution in [0.4, 0.5) is 13.2 Å². The number of alkyl halides is 3. The molecule has 1 rings (SSSR count). The highest BCUT2D eigenvalue weighted by Crippen LogP contribution is 2.41. The van der Waals surface area contributed by atoms with Gasteiger partial charge < -0.3 is 5.32 Å². The summed E-state index contributed by atoms with van der Waals surface area (Å²) in [5, 5.41) is 5.59. The maximum Gasteiger partial charge on any atom is 0.392 e. The Labute approximate surface area is 102 Å². The van der Waals surface area contributed by atoms with Crippen molar-refractivity contribution in [1.29, 1.82) is 0 Å². The minimum absolute atomic E-state index is 0.0118. The topological polar surface area (TPSA) is 77.9 Å².